The molecule has 0 aromatic rings. The Morgan fingerprint density at radius 2 is 2.20 bits per heavy atom. The smallest absolute Gasteiger partial charge is 0.434 e. The van der Waals surface area contributed by atoms with E-state index in [1.807, 2.05) is 20.8 Å². The summed E-state index contributed by atoms with van der Waals surface area (Å²) >= 11 is 0. The Balaban J connectivity index is 2.86. The number of carbonyl (C=O) groups excluding carboxylic acids is 1. The van der Waals surface area contributed by atoms with Crippen LogP contribution in [0.3, 0.4) is 0 Å². The van der Waals surface area contributed by atoms with E-state index in [0.29, 0.717) is 0 Å². The van der Waals surface area contributed by atoms with Crippen molar-refractivity contribution in [3.8, 4) is 0 Å². The summed E-state index contributed by atoms with van der Waals surface area (Å²) in [4.78, 5) is 14.3. The number of nitrogens with zero attached hydrogens (tertiary/aromatic N) is 1. The number of aliphatic imine (C=N–C) groups is 1. The van der Waals surface area contributed by atoms with Crippen molar-refractivity contribution in [1.29, 1.82) is 0 Å². The standard InChI is InChI=1S/C7H11NO2/c1-4-5-7(2,3)10-6(9)8-5/h4H2,1-3H3. The highest BCUT2D eigenvalue weighted by atomic mass is 16.6. The van der Waals surface area contributed by atoms with Gasteiger partial charge in [-0.3, -0.25) is 0 Å². The highest BCUT2D eigenvalue weighted by Crippen LogP contribution is 2.21. The average molecular weight is 141 g/mol. The number of carbonyl (C=O) groups is 1. The van der Waals surface area contributed by atoms with Gasteiger partial charge in [-0.25, -0.2) is 4.79 Å². The van der Waals surface area contributed by atoms with Crippen LogP contribution in [-0.2, 0) is 4.74 Å². The molecule has 3 nitrogen and oxygen atoms in total. The molecule has 0 saturated carbocycles. The summed E-state index contributed by atoms with van der Waals surface area (Å²) in [5.74, 6) is 0. The van der Waals surface area contributed by atoms with Crippen LogP contribution in [0.15, 0.2) is 4.99 Å². The van der Waals surface area contributed by atoms with Gasteiger partial charge >= 0.3 is 6.09 Å². The molecule has 0 N–H and O–H groups in total. The quantitative estimate of drug-likeness (QED) is 0.558. The van der Waals surface area contributed by atoms with Crippen molar-refractivity contribution in [3.63, 3.8) is 0 Å². The minimum absolute atomic E-state index is 0.457. The molecule has 0 aromatic heterocycles. The first-order chi connectivity index (χ1) is 4.56. The molecule has 0 aliphatic carbocycles. The minimum Gasteiger partial charge on any atom is -0.436 e. The molecule has 0 bridgehead atoms. The molecule has 0 unspecified atom stereocenters. The summed E-state index contributed by atoms with van der Waals surface area (Å²) in [6.45, 7) is 5.66. The summed E-state index contributed by atoms with van der Waals surface area (Å²) in [5, 5.41) is 0. The van der Waals surface area contributed by atoms with E-state index in [9.17, 15) is 4.79 Å². The van der Waals surface area contributed by atoms with Crippen molar-refractivity contribution < 1.29 is 9.53 Å². The first-order valence-corrected chi connectivity index (χ1v) is 3.37. The monoisotopic (exact) mass is 141 g/mol. The maximum absolute atomic E-state index is 10.6. The van der Waals surface area contributed by atoms with Crippen molar-refractivity contribution in [2.45, 2.75) is 32.8 Å². The van der Waals surface area contributed by atoms with Crippen LogP contribution >= 0.6 is 0 Å². The predicted molar refractivity (Wildman–Crippen MR) is 38.3 cm³/mol. The van der Waals surface area contributed by atoms with Crippen LogP contribution < -0.4 is 0 Å². The summed E-state index contributed by atoms with van der Waals surface area (Å²) in [7, 11) is 0. The van der Waals surface area contributed by atoms with Crippen LogP contribution in [0.1, 0.15) is 27.2 Å². The third-order valence-electron chi connectivity index (χ3n) is 1.60. The van der Waals surface area contributed by atoms with E-state index in [1.54, 1.807) is 0 Å². The Kier molecular flexibility index (Phi) is 1.50. The van der Waals surface area contributed by atoms with Crippen LogP contribution in [0, 0.1) is 0 Å². The Hall–Kier alpha value is -0.860. The third kappa shape index (κ3) is 1.03. The molecule has 0 aromatic carbocycles. The highest BCUT2D eigenvalue weighted by Gasteiger charge is 2.34. The third-order valence-corrected chi connectivity index (χ3v) is 1.60. The molecule has 56 valence electrons. The molecule has 1 aliphatic heterocycles. The minimum atomic E-state index is -0.466. The van der Waals surface area contributed by atoms with Gasteiger partial charge in [-0.05, 0) is 20.3 Å². The molecule has 3 heteroatoms. The lowest BCUT2D eigenvalue weighted by atomic mass is 10.0. The first kappa shape index (κ1) is 7.25. The Morgan fingerprint density at radius 1 is 1.60 bits per heavy atom. The fraction of sp³-hybridized carbons (Fsp3) is 0.714. The van der Waals surface area contributed by atoms with Gasteiger partial charge in [0.1, 0.15) is 5.60 Å². The first-order valence-electron chi connectivity index (χ1n) is 3.37. The molecular weight excluding hydrogens is 130 g/mol. The van der Waals surface area contributed by atoms with E-state index in [-0.39, 0.29) is 0 Å². The fourth-order valence-corrected chi connectivity index (χ4v) is 1.05. The Labute approximate surface area is 60.1 Å². The summed E-state index contributed by atoms with van der Waals surface area (Å²) < 4.78 is 4.91. The zero-order chi connectivity index (χ0) is 7.78. The zero-order valence-electron chi connectivity index (χ0n) is 6.47. The molecule has 1 heterocycles. The summed E-state index contributed by atoms with van der Waals surface area (Å²) in [6.07, 6.45) is 0.320. The Morgan fingerprint density at radius 3 is 2.40 bits per heavy atom. The molecule has 0 fully saturated rings. The maximum atomic E-state index is 10.6. The lowest BCUT2D eigenvalue weighted by molar-refractivity contribution is 0.106. The van der Waals surface area contributed by atoms with Gasteiger partial charge in [-0.1, -0.05) is 6.92 Å². The van der Waals surface area contributed by atoms with E-state index in [0.717, 1.165) is 12.1 Å². The average Bonchev–Trinajstić information content (AvgIpc) is 2.04. The molecule has 10 heavy (non-hydrogen) atoms. The van der Waals surface area contributed by atoms with E-state index in [4.69, 9.17) is 4.74 Å². The van der Waals surface area contributed by atoms with Gasteiger partial charge in [0.2, 0.25) is 0 Å². The van der Waals surface area contributed by atoms with Crippen LogP contribution in [0.2, 0.25) is 0 Å². The summed E-state index contributed by atoms with van der Waals surface area (Å²) in [6, 6.07) is 0. The molecule has 1 rings (SSSR count). The highest BCUT2D eigenvalue weighted by molar-refractivity contribution is 6.03. The number of cyclic esters (lactones) is 1. The SMILES string of the molecule is CCC1=NC(=O)OC1(C)C. The topological polar surface area (TPSA) is 38.7 Å². The van der Waals surface area contributed by atoms with Gasteiger partial charge in [0.15, 0.2) is 0 Å². The number of ether oxygens (including phenoxy) is 1. The van der Waals surface area contributed by atoms with Crippen LogP contribution in [0.5, 0.6) is 0 Å². The van der Waals surface area contributed by atoms with Crippen LogP contribution in [0.4, 0.5) is 4.79 Å². The largest absolute Gasteiger partial charge is 0.436 e. The van der Waals surface area contributed by atoms with Crippen molar-refractivity contribution in [2.24, 2.45) is 4.99 Å². The van der Waals surface area contributed by atoms with Gasteiger partial charge in [0, 0.05) is 0 Å². The second-order valence-corrected chi connectivity index (χ2v) is 2.79. The van der Waals surface area contributed by atoms with Gasteiger partial charge in [-0.2, -0.15) is 4.99 Å². The second kappa shape index (κ2) is 2.08. The molecule has 0 atom stereocenters. The van der Waals surface area contributed by atoms with Gasteiger partial charge in [0.05, 0.1) is 5.71 Å². The predicted octanol–water partition coefficient (Wildman–Crippen LogP) is 1.77. The molecule has 0 saturated heterocycles. The molecule has 1 amide bonds. The maximum Gasteiger partial charge on any atom is 0.434 e. The van der Waals surface area contributed by atoms with E-state index in [1.165, 1.54) is 0 Å². The van der Waals surface area contributed by atoms with Crippen molar-refractivity contribution in [2.75, 3.05) is 0 Å². The van der Waals surface area contributed by atoms with Crippen LogP contribution in [-0.4, -0.2) is 17.4 Å². The van der Waals surface area contributed by atoms with Crippen molar-refractivity contribution >= 4 is 11.8 Å². The molecule has 0 radical (unpaired) electrons. The van der Waals surface area contributed by atoms with E-state index < -0.39 is 11.7 Å². The molecule has 0 spiro atoms. The van der Waals surface area contributed by atoms with Gasteiger partial charge in [0.25, 0.3) is 0 Å². The van der Waals surface area contributed by atoms with Gasteiger partial charge in [-0.15, -0.1) is 0 Å². The second-order valence-electron chi connectivity index (χ2n) is 2.79. The fourth-order valence-electron chi connectivity index (χ4n) is 1.05. The van der Waals surface area contributed by atoms with Crippen molar-refractivity contribution in [3.05, 3.63) is 0 Å². The number of hydrogen-bond acceptors (Lipinski definition) is 2. The van der Waals surface area contributed by atoms with E-state index in [2.05, 4.69) is 4.99 Å². The zero-order valence-corrected chi connectivity index (χ0v) is 6.47. The number of amides is 1. The lowest BCUT2D eigenvalue weighted by Crippen LogP contribution is -2.29. The molecular formula is C7H11NO2. The van der Waals surface area contributed by atoms with Crippen LogP contribution in [0.25, 0.3) is 0 Å². The van der Waals surface area contributed by atoms with E-state index >= 15 is 0 Å². The number of rotatable bonds is 1. The Bertz CT molecular complexity index is 194. The summed E-state index contributed by atoms with van der Waals surface area (Å²) in [5.41, 5.74) is 0.365. The molecule has 1 aliphatic rings. The lowest BCUT2D eigenvalue weighted by Gasteiger charge is -2.17. The number of hydrogen-bond donors (Lipinski definition) is 0. The van der Waals surface area contributed by atoms with Crippen molar-refractivity contribution in [1.82, 2.24) is 0 Å². The normalized spacial score (nSPS) is 22.3. The van der Waals surface area contributed by atoms with Gasteiger partial charge < -0.3 is 4.74 Å².